The van der Waals surface area contributed by atoms with Gasteiger partial charge in [-0.25, -0.2) is 4.98 Å². The molecule has 2 N–H and O–H groups in total. The van der Waals surface area contributed by atoms with Crippen LogP contribution < -0.4 is 10.6 Å². The van der Waals surface area contributed by atoms with Crippen LogP contribution in [-0.4, -0.2) is 35.1 Å². The van der Waals surface area contributed by atoms with Crippen molar-refractivity contribution in [3.05, 3.63) is 10.9 Å². The van der Waals surface area contributed by atoms with E-state index in [4.69, 9.17) is 0 Å². The highest BCUT2D eigenvalue weighted by Gasteiger charge is 2.10. The van der Waals surface area contributed by atoms with Crippen molar-refractivity contribution in [1.82, 2.24) is 9.97 Å². The van der Waals surface area contributed by atoms with Crippen LogP contribution in [0.2, 0.25) is 0 Å². The minimum atomic E-state index is 0.723. The van der Waals surface area contributed by atoms with Crippen LogP contribution in [0.1, 0.15) is 31.6 Å². The maximum absolute atomic E-state index is 4.62. The van der Waals surface area contributed by atoms with E-state index in [9.17, 15) is 0 Å². The van der Waals surface area contributed by atoms with Gasteiger partial charge >= 0.3 is 0 Å². The third-order valence-corrected chi connectivity index (χ3v) is 5.06. The van der Waals surface area contributed by atoms with Crippen molar-refractivity contribution in [3.63, 3.8) is 0 Å². The molecule has 0 fully saturated rings. The summed E-state index contributed by atoms with van der Waals surface area (Å²) in [6.45, 7) is 6.05. The third kappa shape index (κ3) is 4.48. The average Bonchev–Trinajstić information content (AvgIpc) is 2.90. The molecule has 0 aliphatic heterocycles. The lowest BCUT2D eigenvalue weighted by atomic mass is 10.3. The Hall–Kier alpha value is -1.01. The number of anilines is 2. The van der Waals surface area contributed by atoms with Gasteiger partial charge in [-0.05, 0) is 44.3 Å². The van der Waals surface area contributed by atoms with Crippen molar-refractivity contribution < 1.29 is 0 Å². The van der Waals surface area contributed by atoms with E-state index in [1.54, 1.807) is 11.3 Å². The molecule has 0 atom stereocenters. The van der Waals surface area contributed by atoms with Crippen LogP contribution in [0.4, 0.5) is 11.8 Å². The number of nitrogens with one attached hydrogen (secondary N) is 2. The number of nitrogens with zero attached hydrogens (tertiary/aromatic N) is 2. The zero-order chi connectivity index (χ0) is 15.1. The fourth-order valence-electron chi connectivity index (χ4n) is 2.10. The number of hydrogen-bond acceptors (Lipinski definition) is 6. The molecule has 4 nitrogen and oxygen atoms in total. The van der Waals surface area contributed by atoms with Crippen molar-refractivity contribution in [2.24, 2.45) is 0 Å². The van der Waals surface area contributed by atoms with Crippen LogP contribution in [-0.2, 0) is 6.42 Å². The number of hydrogen-bond donors (Lipinski definition) is 2. The maximum Gasteiger partial charge on any atom is 0.226 e. The summed E-state index contributed by atoms with van der Waals surface area (Å²) in [5, 5.41) is 7.86. The second kappa shape index (κ2) is 8.44. The smallest absolute Gasteiger partial charge is 0.226 e. The summed E-state index contributed by atoms with van der Waals surface area (Å²) in [6, 6.07) is 2.22. The fourth-order valence-corrected chi connectivity index (χ4v) is 3.56. The monoisotopic (exact) mass is 324 g/mol. The molecule has 116 valence electrons. The molecule has 6 heteroatoms. The molecule has 0 saturated heterocycles. The van der Waals surface area contributed by atoms with Crippen LogP contribution in [0, 0.1) is 0 Å². The van der Waals surface area contributed by atoms with Gasteiger partial charge in [0.15, 0.2) is 0 Å². The van der Waals surface area contributed by atoms with Gasteiger partial charge in [0.1, 0.15) is 10.6 Å². The molecule has 0 aliphatic rings. The van der Waals surface area contributed by atoms with Crippen LogP contribution in [0.15, 0.2) is 6.07 Å². The molecule has 21 heavy (non-hydrogen) atoms. The zero-order valence-corrected chi connectivity index (χ0v) is 14.7. The molecule has 0 aliphatic carbocycles. The van der Waals surface area contributed by atoms with Gasteiger partial charge in [0.25, 0.3) is 0 Å². The van der Waals surface area contributed by atoms with Crippen molar-refractivity contribution in [2.45, 2.75) is 33.1 Å². The lowest BCUT2D eigenvalue weighted by molar-refractivity contribution is 0.840. The Morgan fingerprint density at radius 3 is 2.76 bits per heavy atom. The molecule has 0 unspecified atom stereocenters. The SMILES string of the molecule is CCNc1nc(NCCCCSC)c2cc(CC)sc2n1. The van der Waals surface area contributed by atoms with Crippen LogP contribution in [0.25, 0.3) is 10.2 Å². The molecule has 2 heterocycles. The van der Waals surface area contributed by atoms with Gasteiger partial charge in [0.05, 0.1) is 5.39 Å². The van der Waals surface area contributed by atoms with E-state index >= 15 is 0 Å². The maximum atomic E-state index is 4.62. The molecule has 0 saturated carbocycles. The molecule has 0 radical (unpaired) electrons. The van der Waals surface area contributed by atoms with Crippen molar-refractivity contribution in [2.75, 3.05) is 35.7 Å². The molecule has 0 spiro atoms. The van der Waals surface area contributed by atoms with E-state index < -0.39 is 0 Å². The highest BCUT2D eigenvalue weighted by molar-refractivity contribution is 7.98. The van der Waals surface area contributed by atoms with Gasteiger partial charge in [0, 0.05) is 18.0 Å². The predicted molar refractivity (Wildman–Crippen MR) is 97.1 cm³/mol. The first-order valence-electron chi connectivity index (χ1n) is 7.55. The molecule has 0 bridgehead atoms. The Morgan fingerprint density at radius 1 is 1.19 bits per heavy atom. The van der Waals surface area contributed by atoms with Gasteiger partial charge in [-0.15, -0.1) is 11.3 Å². The first kappa shape index (κ1) is 16.4. The minimum absolute atomic E-state index is 0.723. The number of fused-ring (bicyclic) bond motifs is 1. The number of thiophene rings is 1. The van der Waals surface area contributed by atoms with E-state index in [1.807, 2.05) is 11.8 Å². The first-order valence-corrected chi connectivity index (χ1v) is 9.76. The summed E-state index contributed by atoms with van der Waals surface area (Å²) in [5.41, 5.74) is 0. The Kier molecular flexibility index (Phi) is 6.57. The molecule has 0 amide bonds. The summed E-state index contributed by atoms with van der Waals surface area (Å²) in [4.78, 5) is 11.7. The summed E-state index contributed by atoms with van der Waals surface area (Å²) in [6.07, 6.45) is 5.62. The average molecular weight is 325 g/mol. The second-order valence-corrected chi connectivity index (χ2v) is 6.94. The Bertz CT molecular complexity index is 568. The van der Waals surface area contributed by atoms with Crippen LogP contribution in [0.5, 0.6) is 0 Å². The third-order valence-electron chi connectivity index (χ3n) is 3.19. The molecular formula is C15H24N4S2. The van der Waals surface area contributed by atoms with Crippen LogP contribution in [0.3, 0.4) is 0 Å². The molecule has 2 aromatic heterocycles. The normalized spacial score (nSPS) is 11.0. The highest BCUT2D eigenvalue weighted by Crippen LogP contribution is 2.30. The van der Waals surface area contributed by atoms with E-state index in [0.717, 1.165) is 41.5 Å². The largest absolute Gasteiger partial charge is 0.369 e. The molecule has 0 aromatic carbocycles. The van der Waals surface area contributed by atoms with Gasteiger partial charge in [-0.1, -0.05) is 6.92 Å². The quantitative estimate of drug-likeness (QED) is 0.676. The molecule has 2 rings (SSSR count). The zero-order valence-electron chi connectivity index (χ0n) is 13.0. The van der Waals surface area contributed by atoms with E-state index in [0.29, 0.717) is 0 Å². The summed E-state index contributed by atoms with van der Waals surface area (Å²) in [7, 11) is 0. The van der Waals surface area contributed by atoms with E-state index in [2.05, 4.69) is 46.8 Å². The standard InChI is InChI=1S/C15H24N4S2/c1-4-11-10-12-13(17-8-6-7-9-20-3)18-15(16-5-2)19-14(12)21-11/h10H,4-9H2,1-3H3,(H2,16,17,18,19). The minimum Gasteiger partial charge on any atom is -0.369 e. The van der Waals surface area contributed by atoms with Crippen molar-refractivity contribution in [1.29, 1.82) is 0 Å². The Balaban J connectivity index is 2.15. The van der Waals surface area contributed by atoms with Gasteiger partial charge < -0.3 is 10.6 Å². The lowest BCUT2D eigenvalue weighted by Crippen LogP contribution is -2.08. The van der Waals surface area contributed by atoms with Crippen LogP contribution >= 0.6 is 23.1 Å². The van der Waals surface area contributed by atoms with Crippen molar-refractivity contribution in [3.8, 4) is 0 Å². The van der Waals surface area contributed by atoms with Gasteiger partial charge in [0.2, 0.25) is 5.95 Å². The number of aryl methyl sites for hydroxylation is 1. The molecule has 2 aromatic rings. The number of rotatable bonds is 9. The lowest BCUT2D eigenvalue weighted by Gasteiger charge is -2.09. The topological polar surface area (TPSA) is 49.8 Å². The van der Waals surface area contributed by atoms with E-state index in [1.165, 1.54) is 23.5 Å². The second-order valence-electron chi connectivity index (χ2n) is 4.84. The summed E-state index contributed by atoms with van der Waals surface area (Å²) >= 11 is 3.67. The number of aromatic nitrogens is 2. The van der Waals surface area contributed by atoms with Gasteiger partial charge in [-0.2, -0.15) is 16.7 Å². The number of unbranched alkanes of at least 4 members (excludes halogenated alkanes) is 1. The van der Waals surface area contributed by atoms with Crippen molar-refractivity contribution >= 4 is 45.1 Å². The Labute approximate surface area is 135 Å². The predicted octanol–water partition coefficient (Wildman–Crippen LogP) is 4.24. The fraction of sp³-hybridized carbons (Fsp3) is 0.600. The molecular weight excluding hydrogens is 300 g/mol. The first-order chi connectivity index (χ1) is 10.3. The number of thioether (sulfide) groups is 1. The highest BCUT2D eigenvalue weighted by atomic mass is 32.2. The van der Waals surface area contributed by atoms with E-state index in [-0.39, 0.29) is 0 Å². The van der Waals surface area contributed by atoms with Gasteiger partial charge in [-0.3, -0.25) is 0 Å². The Morgan fingerprint density at radius 2 is 2.05 bits per heavy atom. The summed E-state index contributed by atoms with van der Waals surface area (Å²) < 4.78 is 0. The summed E-state index contributed by atoms with van der Waals surface area (Å²) in [5.74, 6) is 2.92.